The van der Waals surface area contributed by atoms with E-state index in [0.29, 0.717) is 29.9 Å². The summed E-state index contributed by atoms with van der Waals surface area (Å²) in [6.07, 6.45) is 5.27. The van der Waals surface area contributed by atoms with Crippen LogP contribution in [0.2, 0.25) is 0 Å². The topological polar surface area (TPSA) is 49.8 Å². The molecule has 0 spiro atoms. The van der Waals surface area contributed by atoms with E-state index in [1.807, 2.05) is 12.1 Å². The van der Waals surface area contributed by atoms with Gasteiger partial charge < -0.3 is 9.84 Å². The summed E-state index contributed by atoms with van der Waals surface area (Å²) in [4.78, 5) is 15.2. The molecule has 0 radical (unpaired) electrons. The Balaban J connectivity index is 1.90. The van der Waals surface area contributed by atoms with Crippen LogP contribution in [0.3, 0.4) is 0 Å². The quantitative estimate of drug-likeness (QED) is 0.859. The molecule has 25 heavy (non-hydrogen) atoms. The fourth-order valence-corrected chi connectivity index (χ4v) is 5.71. The van der Waals surface area contributed by atoms with Gasteiger partial charge in [-0.15, -0.1) is 6.58 Å². The first-order valence-corrected chi connectivity index (χ1v) is 9.28. The Bertz CT molecular complexity index is 728. The summed E-state index contributed by atoms with van der Waals surface area (Å²) in [5.74, 6) is 1.62. The number of rotatable bonds is 3. The van der Waals surface area contributed by atoms with Gasteiger partial charge >= 0.3 is 0 Å². The van der Waals surface area contributed by atoms with Crippen LogP contribution in [0.1, 0.15) is 37.3 Å². The third-order valence-corrected chi connectivity index (χ3v) is 6.87. The fraction of sp³-hybridized carbons (Fsp3) is 0.571. The molecular formula is C21H27NO3. The Kier molecular flexibility index (Phi) is 3.91. The van der Waals surface area contributed by atoms with Crippen molar-refractivity contribution in [2.24, 2.45) is 11.8 Å². The average molecular weight is 341 g/mol. The minimum atomic E-state index is -0.238. The lowest BCUT2D eigenvalue weighted by atomic mass is 9.50. The third kappa shape index (κ3) is 2.27. The van der Waals surface area contributed by atoms with Gasteiger partial charge in [-0.25, -0.2) is 0 Å². The molecule has 1 aromatic carbocycles. The van der Waals surface area contributed by atoms with Crippen LogP contribution in [-0.2, 0) is 16.6 Å². The van der Waals surface area contributed by atoms with Crippen molar-refractivity contribution in [3.8, 4) is 11.5 Å². The van der Waals surface area contributed by atoms with E-state index in [1.54, 1.807) is 7.11 Å². The van der Waals surface area contributed by atoms with Crippen molar-refractivity contribution < 1.29 is 14.6 Å². The molecule has 1 N–H and O–H groups in total. The van der Waals surface area contributed by atoms with E-state index < -0.39 is 0 Å². The molecule has 4 heteroatoms. The van der Waals surface area contributed by atoms with E-state index in [4.69, 9.17) is 4.74 Å². The molecule has 1 saturated heterocycles. The van der Waals surface area contributed by atoms with E-state index in [9.17, 15) is 9.90 Å². The number of hydrogen-bond donors (Lipinski definition) is 1. The minimum absolute atomic E-state index is 0.110. The normalized spacial score (nSPS) is 34.2. The van der Waals surface area contributed by atoms with Crippen LogP contribution in [0.15, 0.2) is 24.8 Å². The first kappa shape index (κ1) is 16.6. The maximum Gasteiger partial charge on any atom is 0.161 e. The SMILES string of the molecule is C=CCN1CC[C@@]23CC(=O)C(C)C[C@@H]2[C@@H]1Cc1ccc(OC)c(O)c13. The number of fused-ring (bicyclic) bond motifs is 1. The first-order chi connectivity index (χ1) is 12.0. The van der Waals surface area contributed by atoms with Crippen LogP contribution in [0.5, 0.6) is 11.5 Å². The lowest BCUT2D eigenvalue weighted by Crippen LogP contribution is -2.62. The van der Waals surface area contributed by atoms with Crippen molar-refractivity contribution in [2.75, 3.05) is 20.2 Å². The van der Waals surface area contributed by atoms with Gasteiger partial charge in [0.15, 0.2) is 11.5 Å². The highest BCUT2D eigenvalue weighted by atomic mass is 16.5. The summed E-state index contributed by atoms with van der Waals surface area (Å²) in [5, 5.41) is 10.9. The number of nitrogens with zero attached hydrogens (tertiary/aromatic N) is 1. The van der Waals surface area contributed by atoms with Crippen molar-refractivity contribution in [3.05, 3.63) is 35.9 Å². The number of piperidine rings is 1. The number of methoxy groups -OCH3 is 1. The van der Waals surface area contributed by atoms with Crippen molar-refractivity contribution >= 4 is 5.78 Å². The molecule has 1 aromatic rings. The summed E-state index contributed by atoms with van der Waals surface area (Å²) in [5.41, 5.74) is 1.93. The second-order valence-corrected chi connectivity index (χ2v) is 8.00. The number of ether oxygens (including phenoxy) is 1. The van der Waals surface area contributed by atoms with E-state index >= 15 is 0 Å². The smallest absolute Gasteiger partial charge is 0.161 e. The van der Waals surface area contributed by atoms with E-state index in [1.165, 1.54) is 5.56 Å². The predicted molar refractivity (Wildman–Crippen MR) is 97.1 cm³/mol. The third-order valence-electron chi connectivity index (χ3n) is 6.87. The van der Waals surface area contributed by atoms with E-state index in [2.05, 4.69) is 24.5 Å². The number of benzene rings is 1. The second-order valence-electron chi connectivity index (χ2n) is 8.00. The number of ketones is 1. The van der Waals surface area contributed by atoms with Gasteiger partial charge in [0.1, 0.15) is 5.78 Å². The van der Waals surface area contributed by atoms with Gasteiger partial charge in [-0.2, -0.15) is 0 Å². The fourth-order valence-electron chi connectivity index (χ4n) is 5.71. The molecule has 4 rings (SSSR count). The molecule has 134 valence electrons. The zero-order valence-electron chi connectivity index (χ0n) is 15.1. The highest BCUT2D eigenvalue weighted by Crippen LogP contribution is 2.59. The zero-order valence-corrected chi connectivity index (χ0v) is 15.1. The monoisotopic (exact) mass is 341 g/mol. The molecule has 0 amide bonds. The van der Waals surface area contributed by atoms with E-state index in [0.717, 1.165) is 37.9 Å². The maximum atomic E-state index is 12.7. The van der Waals surface area contributed by atoms with Crippen LogP contribution in [0, 0.1) is 11.8 Å². The number of carbonyl (C=O) groups excluding carboxylic acids is 1. The number of carbonyl (C=O) groups is 1. The zero-order chi connectivity index (χ0) is 17.8. The molecule has 0 aromatic heterocycles. The molecule has 2 fully saturated rings. The number of phenols is 1. The Morgan fingerprint density at radius 2 is 2.28 bits per heavy atom. The molecule has 1 unspecified atom stereocenters. The van der Waals surface area contributed by atoms with Crippen LogP contribution in [-0.4, -0.2) is 42.0 Å². The number of likely N-dealkylation sites (tertiary alicyclic amines) is 1. The summed E-state index contributed by atoms with van der Waals surface area (Å²) in [6, 6.07) is 4.35. The minimum Gasteiger partial charge on any atom is -0.504 e. The second kappa shape index (κ2) is 5.87. The summed E-state index contributed by atoms with van der Waals surface area (Å²) < 4.78 is 5.37. The number of phenolic OH excluding ortho intramolecular Hbond substituents is 1. The molecule has 1 aliphatic heterocycles. The van der Waals surface area contributed by atoms with Crippen LogP contribution in [0.4, 0.5) is 0 Å². The molecule has 1 saturated carbocycles. The summed E-state index contributed by atoms with van der Waals surface area (Å²) in [7, 11) is 1.59. The van der Waals surface area contributed by atoms with Crippen molar-refractivity contribution in [1.29, 1.82) is 0 Å². The first-order valence-electron chi connectivity index (χ1n) is 9.28. The van der Waals surface area contributed by atoms with Crippen LogP contribution >= 0.6 is 0 Å². The molecule has 4 nitrogen and oxygen atoms in total. The molecule has 2 aliphatic carbocycles. The van der Waals surface area contributed by atoms with Crippen LogP contribution in [0.25, 0.3) is 0 Å². The average Bonchev–Trinajstić information content (AvgIpc) is 2.58. The molecule has 1 heterocycles. The van der Waals surface area contributed by atoms with Gasteiger partial charge in [-0.3, -0.25) is 9.69 Å². The maximum absolute atomic E-state index is 12.7. The van der Waals surface area contributed by atoms with Crippen molar-refractivity contribution in [3.63, 3.8) is 0 Å². The molecule has 3 aliphatic rings. The molecule has 2 bridgehead atoms. The van der Waals surface area contributed by atoms with Gasteiger partial charge in [0.25, 0.3) is 0 Å². The number of Topliss-reactive ketones (excluding diaryl/α,β-unsaturated/α-hetero) is 1. The summed E-state index contributed by atoms with van der Waals surface area (Å²) in [6.45, 7) is 7.81. The van der Waals surface area contributed by atoms with Crippen LogP contribution < -0.4 is 4.74 Å². The van der Waals surface area contributed by atoms with Crippen molar-refractivity contribution in [2.45, 2.75) is 44.1 Å². The highest BCUT2D eigenvalue weighted by molar-refractivity contribution is 5.84. The lowest BCUT2D eigenvalue weighted by molar-refractivity contribution is -0.132. The highest BCUT2D eigenvalue weighted by Gasteiger charge is 2.57. The molecular weight excluding hydrogens is 314 g/mol. The van der Waals surface area contributed by atoms with Gasteiger partial charge in [-0.1, -0.05) is 19.1 Å². The number of aromatic hydroxyl groups is 1. The predicted octanol–water partition coefficient (Wildman–Crippen LogP) is 3.07. The largest absolute Gasteiger partial charge is 0.504 e. The Hall–Kier alpha value is -1.81. The summed E-state index contributed by atoms with van der Waals surface area (Å²) >= 11 is 0. The lowest BCUT2D eigenvalue weighted by Gasteiger charge is -2.59. The molecule has 4 atom stereocenters. The Labute approximate surface area is 149 Å². The van der Waals surface area contributed by atoms with Crippen molar-refractivity contribution in [1.82, 2.24) is 4.90 Å². The Morgan fingerprint density at radius 3 is 3.00 bits per heavy atom. The van der Waals surface area contributed by atoms with Gasteiger partial charge in [0.2, 0.25) is 0 Å². The van der Waals surface area contributed by atoms with Gasteiger partial charge in [0, 0.05) is 35.9 Å². The Morgan fingerprint density at radius 1 is 1.48 bits per heavy atom. The van der Waals surface area contributed by atoms with Gasteiger partial charge in [0.05, 0.1) is 7.11 Å². The van der Waals surface area contributed by atoms with E-state index in [-0.39, 0.29) is 17.1 Å². The number of hydrogen-bond acceptors (Lipinski definition) is 4. The van der Waals surface area contributed by atoms with Gasteiger partial charge in [-0.05, 0) is 43.4 Å². The standard InChI is InChI=1S/C21H27NO3/c1-4-8-22-9-7-21-12-17(23)13(2)10-15(21)16(22)11-14-5-6-18(25-3)20(24)19(14)21/h4-6,13,15-16,24H,1,7-12H2,2-3H3/t13?,15-,16+,21-/m1/s1.